The van der Waals surface area contributed by atoms with Gasteiger partial charge in [-0.25, -0.2) is 4.74 Å². The number of benzene rings is 3. The average molecular weight is 339 g/mol. The fourth-order valence-electron chi connectivity index (χ4n) is 3.10. The highest BCUT2D eigenvalue weighted by Gasteiger charge is 2.27. The third-order valence-corrected chi connectivity index (χ3v) is 7.88. The molecule has 0 saturated carbocycles. The lowest BCUT2D eigenvalue weighted by Gasteiger charge is -2.26. The van der Waals surface area contributed by atoms with Crippen LogP contribution in [0.1, 0.15) is 0 Å². The van der Waals surface area contributed by atoms with E-state index in [2.05, 4.69) is 96.7 Å². The molecule has 0 amide bonds. The summed E-state index contributed by atoms with van der Waals surface area (Å²) >= 11 is 0. The summed E-state index contributed by atoms with van der Waals surface area (Å²) in [6.45, 7) is 0. The van der Waals surface area contributed by atoms with Gasteiger partial charge in [0, 0.05) is 15.9 Å². The fourth-order valence-corrected chi connectivity index (χ4v) is 6.60. The predicted molar refractivity (Wildman–Crippen MR) is 108 cm³/mol. The van der Waals surface area contributed by atoms with Gasteiger partial charge < -0.3 is 0 Å². The summed E-state index contributed by atoms with van der Waals surface area (Å²) in [5.41, 5.74) is 4.17. The van der Waals surface area contributed by atoms with Crippen molar-refractivity contribution in [3.8, 4) is 0 Å². The highest BCUT2D eigenvalue weighted by atomic mass is 31.2. The fraction of sp³-hybridized carbons (Fsp3) is 0. The predicted octanol–water partition coefficient (Wildman–Crippen LogP) is 4.77. The normalized spacial score (nSPS) is 12.9. The van der Waals surface area contributed by atoms with Gasteiger partial charge in [-0.15, -0.1) is 0 Å². The van der Waals surface area contributed by atoms with Crippen LogP contribution >= 0.6 is 7.05 Å². The molecule has 0 bridgehead atoms. The molecule has 0 fully saturated rings. The summed E-state index contributed by atoms with van der Waals surface area (Å²) < 4.78 is 5.32. The molecule has 4 rings (SSSR count). The standard InChI is InChI=1S/C23H18NP/c1-4-14-21(15-5-1)25(22-16-6-2-7-17-22,23-18-8-3-9-19-23)24-20-12-10-11-13-20/h1-12,14-19H. The minimum atomic E-state index is -2.15. The van der Waals surface area contributed by atoms with Gasteiger partial charge in [0.1, 0.15) is 5.70 Å². The SMILES string of the molecule is C1=CC=CC=1N=P(c1ccccc1)(c1ccccc1)c1ccccc1. The zero-order valence-corrected chi connectivity index (χ0v) is 14.7. The summed E-state index contributed by atoms with van der Waals surface area (Å²) in [5.74, 6) is 0. The van der Waals surface area contributed by atoms with E-state index in [0.29, 0.717) is 0 Å². The van der Waals surface area contributed by atoms with E-state index in [-0.39, 0.29) is 0 Å². The van der Waals surface area contributed by atoms with Crippen molar-refractivity contribution in [1.82, 2.24) is 0 Å². The van der Waals surface area contributed by atoms with Crippen LogP contribution in [0.4, 0.5) is 0 Å². The second kappa shape index (κ2) is 6.95. The number of hydrogen-bond donors (Lipinski definition) is 0. The highest BCUT2D eigenvalue weighted by molar-refractivity contribution is 7.87. The maximum atomic E-state index is 5.32. The zero-order chi connectivity index (χ0) is 17.0. The van der Waals surface area contributed by atoms with Crippen LogP contribution in [0.3, 0.4) is 0 Å². The van der Waals surface area contributed by atoms with Crippen molar-refractivity contribution in [3.63, 3.8) is 0 Å². The van der Waals surface area contributed by atoms with E-state index in [0.717, 1.165) is 5.70 Å². The summed E-state index contributed by atoms with van der Waals surface area (Å²) in [5, 5.41) is 3.76. The Morgan fingerprint density at radius 1 is 0.600 bits per heavy atom. The topological polar surface area (TPSA) is 12.4 Å². The number of hydrogen-bond acceptors (Lipinski definition) is 1. The lowest BCUT2D eigenvalue weighted by atomic mass is 10.4. The summed E-state index contributed by atoms with van der Waals surface area (Å²) in [6, 6.07) is 31.9. The molecule has 3 aromatic rings. The van der Waals surface area contributed by atoms with E-state index >= 15 is 0 Å². The molecule has 25 heavy (non-hydrogen) atoms. The Morgan fingerprint density at radius 2 is 1.04 bits per heavy atom. The van der Waals surface area contributed by atoms with E-state index in [1.807, 2.05) is 18.2 Å². The third kappa shape index (κ3) is 2.96. The Morgan fingerprint density at radius 3 is 1.40 bits per heavy atom. The van der Waals surface area contributed by atoms with Gasteiger partial charge in [-0.2, -0.15) is 0 Å². The molecule has 0 heterocycles. The zero-order valence-electron chi connectivity index (χ0n) is 13.8. The van der Waals surface area contributed by atoms with Gasteiger partial charge in [-0.1, -0.05) is 103 Å². The van der Waals surface area contributed by atoms with Crippen LogP contribution in [-0.4, -0.2) is 0 Å². The molecule has 0 unspecified atom stereocenters. The molecule has 0 aliphatic heterocycles. The van der Waals surface area contributed by atoms with Gasteiger partial charge in [0.2, 0.25) is 0 Å². The van der Waals surface area contributed by atoms with Crippen molar-refractivity contribution in [3.05, 3.63) is 121 Å². The maximum Gasteiger partial charge on any atom is 0.104 e. The van der Waals surface area contributed by atoms with Gasteiger partial charge >= 0.3 is 0 Å². The first-order valence-corrected chi connectivity index (χ1v) is 10.1. The highest BCUT2D eigenvalue weighted by Crippen LogP contribution is 2.47. The van der Waals surface area contributed by atoms with E-state index in [1.54, 1.807) is 0 Å². The molecule has 0 aromatic heterocycles. The van der Waals surface area contributed by atoms with Gasteiger partial charge in [0.15, 0.2) is 0 Å². The Kier molecular flexibility index (Phi) is 4.36. The largest absolute Gasteiger partial charge is 0.245 e. The minimum absolute atomic E-state index is 0.907. The van der Waals surface area contributed by atoms with Gasteiger partial charge in [0.25, 0.3) is 0 Å². The Hall–Kier alpha value is -2.85. The van der Waals surface area contributed by atoms with E-state index in [1.165, 1.54) is 15.9 Å². The van der Waals surface area contributed by atoms with E-state index < -0.39 is 7.05 Å². The monoisotopic (exact) mass is 339 g/mol. The quantitative estimate of drug-likeness (QED) is 0.479. The van der Waals surface area contributed by atoms with Crippen molar-refractivity contribution in [1.29, 1.82) is 0 Å². The molecule has 0 N–H and O–H groups in total. The molecule has 1 aliphatic carbocycles. The molecule has 1 nitrogen and oxygen atoms in total. The lowest BCUT2D eigenvalue weighted by Crippen LogP contribution is -2.25. The molecule has 120 valence electrons. The maximum absolute atomic E-state index is 5.32. The van der Waals surface area contributed by atoms with Crippen molar-refractivity contribution in [2.45, 2.75) is 0 Å². The average Bonchev–Trinajstić information content (AvgIpc) is 3.21. The first-order chi connectivity index (χ1) is 12.4. The molecule has 0 radical (unpaired) electrons. The van der Waals surface area contributed by atoms with Crippen LogP contribution in [0, 0.1) is 0 Å². The lowest BCUT2D eigenvalue weighted by molar-refractivity contribution is 1.48. The van der Waals surface area contributed by atoms with Crippen molar-refractivity contribution < 1.29 is 0 Å². The Balaban J connectivity index is 2.13. The van der Waals surface area contributed by atoms with Crippen LogP contribution < -0.4 is 15.9 Å². The van der Waals surface area contributed by atoms with Crippen molar-refractivity contribution in [2.75, 3.05) is 0 Å². The Labute approximate surface area is 148 Å². The van der Waals surface area contributed by atoms with Crippen LogP contribution in [-0.2, 0) is 0 Å². The van der Waals surface area contributed by atoms with Crippen molar-refractivity contribution in [2.24, 2.45) is 4.74 Å². The first kappa shape index (κ1) is 15.7. The molecular formula is C23H18NP. The van der Waals surface area contributed by atoms with Crippen LogP contribution in [0.2, 0.25) is 0 Å². The summed E-state index contributed by atoms with van der Waals surface area (Å²) in [4.78, 5) is 0. The number of allylic oxidation sites excluding steroid dienone is 2. The number of rotatable bonds is 4. The molecule has 2 heteroatoms. The molecule has 1 aliphatic rings. The minimum Gasteiger partial charge on any atom is -0.245 e. The van der Waals surface area contributed by atoms with E-state index in [9.17, 15) is 0 Å². The van der Waals surface area contributed by atoms with E-state index in [4.69, 9.17) is 4.74 Å². The molecule has 0 saturated heterocycles. The van der Waals surface area contributed by atoms with Crippen LogP contribution in [0.25, 0.3) is 0 Å². The molecule has 0 atom stereocenters. The van der Waals surface area contributed by atoms with Crippen LogP contribution in [0.5, 0.6) is 0 Å². The summed E-state index contributed by atoms with van der Waals surface area (Å²) in [7, 11) is -2.15. The molecule has 0 spiro atoms. The van der Waals surface area contributed by atoms with Gasteiger partial charge in [-0.05, 0) is 12.2 Å². The molecular weight excluding hydrogens is 321 g/mol. The van der Waals surface area contributed by atoms with Crippen molar-refractivity contribution >= 4 is 23.0 Å². The second-order valence-electron chi connectivity index (χ2n) is 5.80. The van der Waals surface area contributed by atoms with Gasteiger partial charge in [-0.3, -0.25) is 0 Å². The molecule has 3 aromatic carbocycles. The van der Waals surface area contributed by atoms with Gasteiger partial charge in [0.05, 0.1) is 7.05 Å². The first-order valence-electron chi connectivity index (χ1n) is 8.32. The summed E-state index contributed by atoms with van der Waals surface area (Å²) in [6.07, 6.45) is 5.95. The van der Waals surface area contributed by atoms with Crippen LogP contribution in [0.15, 0.2) is 125 Å². The Bertz CT molecular complexity index is 906. The third-order valence-electron chi connectivity index (χ3n) is 4.23. The second-order valence-corrected chi connectivity index (χ2v) is 8.82. The smallest absolute Gasteiger partial charge is 0.104 e. The number of nitrogens with zero attached hydrogens (tertiary/aromatic N) is 1.